The fourth-order valence-corrected chi connectivity index (χ4v) is 1.03. The second-order valence-corrected chi connectivity index (χ2v) is 4.13. The van der Waals surface area contributed by atoms with Crippen LogP contribution < -0.4 is 5.11 Å². The van der Waals surface area contributed by atoms with Crippen LogP contribution >= 0.6 is 0 Å². The molecule has 0 aliphatic heterocycles. The first-order valence-electron chi connectivity index (χ1n) is 4.64. The third-order valence-electron chi connectivity index (χ3n) is 2.55. The first-order valence-corrected chi connectivity index (χ1v) is 4.64. The second-order valence-electron chi connectivity index (χ2n) is 4.13. The number of carbonyl (C=O) groups is 1. The number of rotatable bonds is 5. The Morgan fingerprint density at radius 1 is 1.46 bits per heavy atom. The van der Waals surface area contributed by atoms with Crippen LogP contribution in [0.5, 0.6) is 0 Å². The molecule has 0 saturated carbocycles. The molecule has 0 N–H and O–H groups in total. The molecule has 1 radical (unpaired) electrons. The van der Waals surface area contributed by atoms with Gasteiger partial charge in [0.05, 0.1) is 0 Å². The van der Waals surface area contributed by atoms with Crippen molar-refractivity contribution in [2.45, 2.75) is 47.0 Å². The molecule has 1 atom stereocenters. The Bertz CT molecular complexity index is 157. The van der Waals surface area contributed by atoms with Gasteiger partial charge in [-0.3, -0.25) is 0 Å². The molecule has 0 rings (SSSR count). The van der Waals surface area contributed by atoms with E-state index in [0.29, 0.717) is 12.3 Å². The Kier molecular flexibility index (Phi) is 7.65. The van der Waals surface area contributed by atoms with Gasteiger partial charge < -0.3 is 9.90 Å². The summed E-state index contributed by atoms with van der Waals surface area (Å²) in [5.74, 6) is -0.346. The van der Waals surface area contributed by atoms with Crippen molar-refractivity contribution in [3.05, 3.63) is 0 Å². The molecule has 0 aromatic heterocycles. The van der Waals surface area contributed by atoms with Crippen molar-refractivity contribution in [2.24, 2.45) is 11.3 Å². The molecule has 0 aliphatic rings. The molecular formula is C10H19CoO2+. The Hall–Kier alpha value is -0.0235. The standard InChI is InChI=1S/C10H20O2.Co/c1-5-10(4,9(11)12)7-6-8(2)3;/h8H,5-7H2,1-4H3,(H,11,12);/q;+2/p-1. The molecular weight excluding hydrogens is 211 g/mol. The monoisotopic (exact) mass is 230 g/mol. The van der Waals surface area contributed by atoms with E-state index in [1.54, 1.807) is 6.92 Å². The van der Waals surface area contributed by atoms with E-state index in [1.165, 1.54) is 0 Å². The summed E-state index contributed by atoms with van der Waals surface area (Å²) in [6.07, 6.45) is 2.34. The van der Waals surface area contributed by atoms with Crippen molar-refractivity contribution < 1.29 is 26.7 Å². The molecule has 3 heteroatoms. The zero-order valence-corrected chi connectivity index (χ0v) is 9.89. The summed E-state index contributed by atoms with van der Waals surface area (Å²) >= 11 is 0. The third-order valence-corrected chi connectivity index (χ3v) is 2.55. The zero-order valence-electron chi connectivity index (χ0n) is 8.85. The van der Waals surface area contributed by atoms with Gasteiger partial charge in [-0.2, -0.15) is 0 Å². The molecule has 0 heterocycles. The van der Waals surface area contributed by atoms with Crippen LogP contribution in [-0.2, 0) is 21.6 Å². The summed E-state index contributed by atoms with van der Waals surface area (Å²) in [7, 11) is 0. The first kappa shape index (κ1) is 15.4. The van der Waals surface area contributed by atoms with E-state index in [4.69, 9.17) is 0 Å². The number of hydrogen-bond donors (Lipinski definition) is 0. The van der Waals surface area contributed by atoms with E-state index in [-0.39, 0.29) is 16.8 Å². The normalized spacial score (nSPS) is 14.8. The topological polar surface area (TPSA) is 40.1 Å². The van der Waals surface area contributed by atoms with E-state index in [9.17, 15) is 9.90 Å². The van der Waals surface area contributed by atoms with Gasteiger partial charge in [-0.1, -0.05) is 34.1 Å². The number of carboxylic acids is 1. The summed E-state index contributed by atoms with van der Waals surface area (Å²) in [5.41, 5.74) is -0.621. The quantitative estimate of drug-likeness (QED) is 0.719. The van der Waals surface area contributed by atoms with Gasteiger partial charge in [0.1, 0.15) is 0 Å². The fourth-order valence-electron chi connectivity index (χ4n) is 1.03. The van der Waals surface area contributed by atoms with E-state index in [1.807, 2.05) is 6.92 Å². The van der Waals surface area contributed by atoms with Gasteiger partial charge >= 0.3 is 16.8 Å². The molecule has 13 heavy (non-hydrogen) atoms. The summed E-state index contributed by atoms with van der Waals surface area (Å²) < 4.78 is 0. The maximum Gasteiger partial charge on any atom is 2.00 e. The van der Waals surface area contributed by atoms with E-state index >= 15 is 0 Å². The third kappa shape index (κ3) is 5.31. The van der Waals surface area contributed by atoms with Crippen LogP contribution in [0.3, 0.4) is 0 Å². The van der Waals surface area contributed by atoms with E-state index < -0.39 is 11.4 Å². The van der Waals surface area contributed by atoms with Crippen molar-refractivity contribution in [1.29, 1.82) is 0 Å². The summed E-state index contributed by atoms with van der Waals surface area (Å²) in [5, 5.41) is 10.8. The van der Waals surface area contributed by atoms with Crippen LogP contribution in [0, 0.1) is 11.3 Å². The number of carboxylic acid groups (broad SMARTS) is 1. The molecule has 0 saturated heterocycles. The molecule has 2 nitrogen and oxygen atoms in total. The molecule has 0 spiro atoms. The molecule has 0 aromatic carbocycles. The van der Waals surface area contributed by atoms with Gasteiger partial charge in [0.25, 0.3) is 0 Å². The SMILES string of the molecule is CCC(C)(CCC(C)C)C(=O)[O-].[Co+2]. The van der Waals surface area contributed by atoms with Gasteiger partial charge in [0, 0.05) is 11.4 Å². The van der Waals surface area contributed by atoms with Gasteiger partial charge in [-0.25, -0.2) is 0 Å². The maximum atomic E-state index is 10.8. The molecule has 0 amide bonds. The molecule has 0 aliphatic carbocycles. The molecule has 0 aromatic rings. The smallest absolute Gasteiger partial charge is 0.550 e. The Balaban J connectivity index is 0. The molecule has 0 fully saturated rings. The van der Waals surface area contributed by atoms with E-state index in [2.05, 4.69) is 13.8 Å². The summed E-state index contributed by atoms with van der Waals surface area (Å²) in [4.78, 5) is 10.8. The van der Waals surface area contributed by atoms with Gasteiger partial charge in [0.2, 0.25) is 0 Å². The Morgan fingerprint density at radius 2 is 1.92 bits per heavy atom. The Labute approximate surface area is 91.3 Å². The average Bonchev–Trinajstić information content (AvgIpc) is 1.99. The number of hydrogen-bond acceptors (Lipinski definition) is 2. The maximum absolute atomic E-state index is 10.8. The van der Waals surface area contributed by atoms with Crippen molar-refractivity contribution in [3.63, 3.8) is 0 Å². The van der Waals surface area contributed by atoms with Crippen molar-refractivity contribution in [2.75, 3.05) is 0 Å². The van der Waals surface area contributed by atoms with Crippen LogP contribution in [0.1, 0.15) is 47.0 Å². The minimum absolute atomic E-state index is 0. The first-order chi connectivity index (χ1) is 5.42. The summed E-state index contributed by atoms with van der Waals surface area (Å²) in [6, 6.07) is 0. The predicted octanol–water partition coefficient (Wildman–Crippen LogP) is 1.59. The Morgan fingerprint density at radius 3 is 2.15 bits per heavy atom. The van der Waals surface area contributed by atoms with Crippen LogP contribution in [0.2, 0.25) is 0 Å². The minimum atomic E-state index is -0.911. The number of aliphatic carboxylic acids is 1. The van der Waals surface area contributed by atoms with Crippen LogP contribution in [0.4, 0.5) is 0 Å². The largest absolute Gasteiger partial charge is 2.00 e. The van der Waals surface area contributed by atoms with Crippen LogP contribution in [0.15, 0.2) is 0 Å². The van der Waals surface area contributed by atoms with E-state index in [0.717, 1.165) is 12.8 Å². The predicted molar refractivity (Wildman–Crippen MR) is 47.5 cm³/mol. The van der Waals surface area contributed by atoms with Crippen LogP contribution in [-0.4, -0.2) is 5.97 Å². The zero-order chi connectivity index (χ0) is 9.78. The van der Waals surface area contributed by atoms with Gasteiger partial charge in [-0.05, 0) is 18.8 Å². The van der Waals surface area contributed by atoms with Crippen molar-refractivity contribution >= 4 is 5.97 Å². The molecule has 0 bridgehead atoms. The van der Waals surface area contributed by atoms with Crippen LogP contribution in [0.25, 0.3) is 0 Å². The second kappa shape index (κ2) is 6.43. The molecule has 79 valence electrons. The molecule has 1 unspecified atom stereocenters. The van der Waals surface area contributed by atoms with Gasteiger partial charge in [0.15, 0.2) is 0 Å². The minimum Gasteiger partial charge on any atom is -0.550 e. The number of carbonyl (C=O) groups excluding carboxylic acids is 1. The fraction of sp³-hybridized carbons (Fsp3) is 0.900. The average molecular weight is 230 g/mol. The van der Waals surface area contributed by atoms with Gasteiger partial charge in [-0.15, -0.1) is 0 Å². The van der Waals surface area contributed by atoms with Crippen molar-refractivity contribution in [3.8, 4) is 0 Å². The summed E-state index contributed by atoms with van der Waals surface area (Å²) in [6.45, 7) is 7.87. The van der Waals surface area contributed by atoms with Crippen molar-refractivity contribution in [1.82, 2.24) is 0 Å².